The number of hydrogen-bond acceptors (Lipinski definition) is 4. The highest BCUT2D eigenvalue weighted by atomic mass is 35.5. The Balaban J connectivity index is 1.83. The molecule has 0 fully saturated rings. The number of rotatable bonds is 5. The molecule has 0 bridgehead atoms. The van der Waals surface area contributed by atoms with Crippen LogP contribution in [0.1, 0.15) is 15.9 Å². The van der Waals surface area contributed by atoms with E-state index in [2.05, 4.69) is 10.3 Å². The van der Waals surface area contributed by atoms with Gasteiger partial charge in [0.25, 0.3) is 5.91 Å². The van der Waals surface area contributed by atoms with Crippen LogP contribution in [0.3, 0.4) is 0 Å². The van der Waals surface area contributed by atoms with Gasteiger partial charge in [0.1, 0.15) is 0 Å². The number of anilines is 1. The molecule has 2 aromatic carbocycles. The standard InChI is InChI=1S/C19H14Cl2N2O3S/c20-16-7-5-13(10-15(16)18-3-1-2-8-22-18)23-19(24)14-6-4-12(9-17(14)21)11-27(25)26/h1-10H,11H2,(H,23,24)(H,25,26)/p-1. The molecule has 0 aliphatic heterocycles. The van der Waals surface area contributed by atoms with Crippen LogP contribution in [-0.2, 0) is 16.8 Å². The minimum absolute atomic E-state index is 0.160. The molecular weight excluding hydrogens is 407 g/mol. The highest BCUT2D eigenvalue weighted by Gasteiger charge is 2.13. The fourth-order valence-corrected chi connectivity index (χ4v) is 3.44. The highest BCUT2D eigenvalue weighted by Crippen LogP contribution is 2.29. The lowest BCUT2D eigenvalue weighted by Crippen LogP contribution is -2.13. The molecule has 0 spiro atoms. The summed E-state index contributed by atoms with van der Waals surface area (Å²) in [7, 11) is 0. The lowest BCUT2D eigenvalue weighted by Gasteiger charge is -2.11. The zero-order valence-electron chi connectivity index (χ0n) is 13.8. The number of benzene rings is 2. The van der Waals surface area contributed by atoms with E-state index < -0.39 is 17.0 Å². The van der Waals surface area contributed by atoms with Crippen molar-refractivity contribution < 1.29 is 13.6 Å². The van der Waals surface area contributed by atoms with Gasteiger partial charge in [0.05, 0.1) is 21.3 Å². The maximum Gasteiger partial charge on any atom is 0.257 e. The molecule has 1 amide bonds. The summed E-state index contributed by atoms with van der Waals surface area (Å²) in [5.74, 6) is -0.573. The van der Waals surface area contributed by atoms with E-state index in [4.69, 9.17) is 23.2 Å². The molecule has 8 heteroatoms. The molecule has 5 nitrogen and oxygen atoms in total. The van der Waals surface area contributed by atoms with E-state index in [9.17, 15) is 13.6 Å². The summed E-state index contributed by atoms with van der Waals surface area (Å²) in [5.41, 5.74) is 2.66. The van der Waals surface area contributed by atoms with Crippen molar-refractivity contribution >= 4 is 45.9 Å². The number of hydrogen-bond donors (Lipinski definition) is 1. The Labute approximate surface area is 168 Å². The topological polar surface area (TPSA) is 82.1 Å². The van der Waals surface area contributed by atoms with Gasteiger partial charge in [0.15, 0.2) is 0 Å². The zero-order chi connectivity index (χ0) is 19.4. The molecule has 0 aliphatic carbocycles. The fraction of sp³-hybridized carbons (Fsp3) is 0.0526. The lowest BCUT2D eigenvalue weighted by molar-refractivity contribution is 0.102. The lowest BCUT2D eigenvalue weighted by atomic mass is 10.1. The number of carbonyl (C=O) groups is 1. The van der Waals surface area contributed by atoms with Crippen LogP contribution in [0.25, 0.3) is 11.3 Å². The van der Waals surface area contributed by atoms with Gasteiger partial charge in [0.2, 0.25) is 0 Å². The van der Waals surface area contributed by atoms with E-state index in [1.165, 1.54) is 12.1 Å². The molecule has 3 aromatic rings. The molecule has 1 heterocycles. The third kappa shape index (κ3) is 4.93. The van der Waals surface area contributed by atoms with Crippen LogP contribution >= 0.6 is 23.2 Å². The van der Waals surface area contributed by atoms with Crippen molar-refractivity contribution in [2.75, 3.05) is 5.32 Å². The number of nitrogens with zero attached hydrogens (tertiary/aromatic N) is 1. The van der Waals surface area contributed by atoms with Crippen LogP contribution in [-0.4, -0.2) is 19.7 Å². The first kappa shape index (κ1) is 19.5. The van der Waals surface area contributed by atoms with E-state index >= 15 is 0 Å². The molecule has 138 valence electrons. The van der Waals surface area contributed by atoms with Crippen LogP contribution < -0.4 is 5.32 Å². The predicted octanol–water partition coefficient (Wildman–Crippen LogP) is 4.69. The second-order valence-electron chi connectivity index (χ2n) is 5.63. The minimum atomic E-state index is -2.22. The smallest absolute Gasteiger partial charge is 0.257 e. The predicted molar refractivity (Wildman–Crippen MR) is 107 cm³/mol. The van der Waals surface area contributed by atoms with E-state index in [-0.39, 0.29) is 16.3 Å². The SMILES string of the molecule is O=C(Nc1ccc(Cl)c(-c2ccccn2)c1)c1ccc(CS(=O)[O-])cc1Cl. The Kier molecular flexibility index (Phi) is 6.23. The van der Waals surface area contributed by atoms with Crippen LogP contribution in [0.2, 0.25) is 10.0 Å². The van der Waals surface area contributed by atoms with Crippen molar-refractivity contribution in [3.63, 3.8) is 0 Å². The van der Waals surface area contributed by atoms with E-state index in [1.807, 2.05) is 12.1 Å². The second kappa shape index (κ2) is 8.63. The molecule has 0 saturated carbocycles. The Morgan fingerprint density at radius 2 is 1.89 bits per heavy atom. The minimum Gasteiger partial charge on any atom is -0.772 e. The molecule has 1 unspecified atom stereocenters. The molecule has 0 aliphatic rings. The summed E-state index contributed by atoms with van der Waals surface area (Å²) < 4.78 is 21.6. The van der Waals surface area contributed by atoms with Gasteiger partial charge < -0.3 is 9.87 Å². The summed E-state index contributed by atoms with van der Waals surface area (Å²) in [6.07, 6.45) is 1.66. The van der Waals surface area contributed by atoms with Gasteiger partial charge in [-0.25, -0.2) is 0 Å². The fourth-order valence-electron chi connectivity index (χ4n) is 2.49. The molecule has 1 aromatic heterocycles. The quantitative estimate of drug-likeness (QED) is 0.608. The first-order chi connectivity index (χ1) is 12.9. The zero-order valence-corrected chi connectivity index (χ0v) is 16.1. The summed E-state index contributed by atoms with van der Waals surface area (Å²) in [4.78, 5) is 16.8. The number of pyridine rings is 1. The van der Waals surface area contributed by atoms with Gasteiger partial charge in [-0.05, 0) is 48.0 Å². The van der Waals surface area contributed by atoms with Crippen molar-refractivity contribution in [3.05, 3.63) is 82.0 Å². The van der Waals surface area contributed by atoms with Crippen molar-refractivity contribution in [1.82, 2.24) is 4.98 Å². The molecular formula is C19H13Cl2N2O3S-. The van der Waals surface area contributed by atoms with Crippen molar-refractivity contribution in [3.8, 4) is 11.3 Å². The van der Waals surface area contributed by atoms with Gasteiger partial charge in [-0.2, -0.15) is 0 Å². The van der Waals surface area contributed by atoms with Crippen molar-refractivity contribution in [2.24, 2.45) is 0 Å². The summed E-state index contributed by atoms with van der Waals surface area (Å²) in [5, 5.41) is 3.45. The van der Waals surface area contributed by atoms with Crippen LogP contribution in [0.5, 0.6) is 0 Å². The normalized spacial score (nSPS) is 11.8. The third-order valence-corrected chi connectivity index (χ3v) is 4.94. The number of amides is 1. The van der Waals surface area contributed by atoms with Crippen LogP contribution in [0.4, 0.5) is 5.69 Å². The average molecular weight is 420 g/mol. The van der Waals surface area contributed by atoms with Gasteiger partial charge in [0, 0.05) is 23.2 Å². The van der Waals surface area contributed by atoms with Crippen LogP contribution in [0, 0.1) is 0 Å². The van der Waals surface area contributed by atoms with E-state index in [1.54, 1.807) is 36.5 Å². The van der Waals surface area contributed by atoms with Gasteiger partial charge >= 0.3 is 0 Å². The average Bonchev–Trinajstić information content (AvgIpc) is 2.63. The summed E-state index contributed by atoms with van der Waals surface area (Å²) in [6.45, 7) is 0. The highest BCUT2D eigenvalue weighted by molar-refractivity contribution is 7.78. The maximum atomic E-state index is 12.5. The monoisotopic (exact) mass is 419 g/mol. The Morgan fingerprint density at radius 3 is 2.56 bits per heavy atom. The number of nitrogens with one attached hydrogen (secondary N) is 1. The van der Waals surface area contributed by atoms with Crippen molar-refractivity contribution in [2.45, 2.75) is 5.75 Å². The Bertz CT molecular complexity index is 1010. The molecule has 0 saturated heterocycles. The van der Waals surface area contributed by atoms with E-state index in [0.717, 1.165) is 0 Å². The number of aromatic nitrogens is 1. The second-order valence-corrected chi connectivity index (χ2v) is 7.34. The summed E-state index contributed by atoms with van der Waals surface area (Å²) in [6, 6.07) is 15.1. The molecule has 0 radical (unpaired) electrons. The first-order valence-corrected chi connectivity index (χ1v) is 9.80. The van der Waals surface area contributed by atoms with Crippen LogP contribution in [0.15, 0.2) is 60.8 Å². The molecule has 3 rings (SSSR count). The third-order valence-electron chi connectivity index (χ3n) is 3.73. The largest absolute Gasteiger partial charge is 0.772 e. The van der Waals surface area contributed by atoms with Gasteiger partial charge in [-0.15, -0.1) is 0 Å². The first-order valence-electron chi connectivity index (χ1n) is 7.80. The molecule has 1 N–H and O–H groups in total. The molecule has 1 atom stereocenters. The van der Waals surface area contributed by atoms with E-state index in [0.29, 0.717) is 27.5 Å². The van der Waals surface area contributed by atoms with Gasteiger partial charge in [-0.1, -0.05) is 46.4 Å². The maximum absolute atomic E-state index is 12.5. The van der Waals surface area contributed by atoms with Crippen molar-refractivity contribution in [1.29, 1.82) is 0 Å². The number of carbonyl (C=O) groups excluding carboxylic acids is 1. The number of halogens is 2. The summed E-state index contributed by atoms with van der Waals surface area (Å²) >= 11 is 10.2. The molecule has 27 heavy (non-hydrogen) atoms. The Morgan fingerprint density at radius 1 is 1.07 bits per heavy atom. The Hall–Kier alpha value is -2.25. The van der Waals surface area contributed by atoms with Gasteiger partial charge in [-0.3, -0.25) is 14.0 Å².